The van der Waals surface area contributed by atoms with E-state index in [0.717, 1.165) is 12.1 Å². The van der Waals surface area contributed by atoms with Gasteiger partial charge in [-0.1, -0.05) is 42.0 Å². The fourth-order valence-electron chi connectivity index (χ4n) is 2.77. The van der Waals surface area contributed by atoms with Gasteiger partial charge in [-0.15, -0.1) is 0 Å². The van der Waals surface area contributed by atoms with Crippen molar-refractivity contribution < 1.29 is 9.53 Å². The quantitative estimate of drug-likeness (QED) is 0.941. The van der Waals surface area contributed by atoms with E-state index in [-0.39, 0.29) is 12.1 Å². The minimum absolute atomic E-state index is 0.0404. The number of nitrogens with zero attached hydrogens (tertiary/aromatic N) is 1. The Morgan fingerprint density at radius 1 is 1.17 bits per heavy atom. The van der Waals surface area contributed by atoms with Gasteiger partial charge in [0.15, 0.2) is 0 Å². The molecule has 0 saturated carbocycles. The van der Waals surface area contributed by atoms with Crippen LogP contribution in [0.4, 0.5) is 10.5 Å². The van der Waals surface area contributed by atoms with Gasteiger partial charge < -0.3 is 15.0 Å². The van der Waals surface area contributed by atoms with Crippen LogP contribution in [0.3, 0.4) is 0 Å². The van der Waals surface area contributed by atoms with Crippen molar-refractivity contribution in [2.75, 3.05) is 18.9 Å². The Morgan fingerprint density at radius 3 is 2.61 bits per heavy atom. The summed E-state index contributed by atoms with van der Waals surface area (Å²) in [6, 6.07) is 16.0. The molecule has 2 aromatic rings. The highest BCUT2D eigenvalue weighted by Crippen LogP contribution is 2.20. The fraction of sp³-hybridized carbons (Fsp3) is 0.316. The number of hydrogen-bond acceptors (Lipinski definition) is 2. The van der Waals surface area contributed by atoms with Crippen LogP contribution in [0.25, 0.3) is 0 Å². The van der Waals surface area contributed by atoms with Crippen molar-refractivity contribution in [1.82, 2.24) is 4.90 Å². The van der Waals surface area contributed by atoms with E-state index in [9.17, 15) is 4.79 Å². The highest BCUT2D eigenvalue weighted by atomic mass is 16.5. The van der Waals surface area contributed by atoms with Gasteiger partial charge in [-0.3, -0.25) is 0 Å². The van der Waals surface area contributed by atoms with E-state index >= 15 is 0 Å². The molecule has 23 heavy (non-hydrogen) atoms. The van der Waals surface area contributed by atoms with Crippen LogP contribution in [-0.2, 0) is 17.8 Å². The number of carbonyl (C=O) groups is 1. The molecule has 4 heteroatoms. The molecule has 1 aliphatic heterocycles. The van der Waals surface area contributed by atoms with Crippen LogP contribution in [-0.4, -0.2) is 30.6 Å². The lowest BCUT2D eigenvalue weighted by atomic mass is 9.99. The SMILES string of the molecule is Cc1ccc(NC(=O)N(C)CC2Cc3ccccc3CO2)cc1. The number of nitrogens with one attached hydrogen (secondary N) is 1. The van der Waals surface area contributed by atoms with Crippen LogP contribution in [0.5, 0.6) is 0 Å². The molecule has 0 aliphatic carbocycles. The second-order valence-corrected chi connectivity index (χ2v) is 6.08. The molecule has 2 aromatic carbocycles. The fourth-order valence-corrected chi connectivity index (χ4v) is 2.77. The summed E-state index contributed by atoms with van der Waals surface area (Å²) in [4.78, 5) is 14.0. The van der Waals surface area contributed by atoms with Gasteiger partial charge in [0.25, 0.3) is 0 Å². The van der Waals surface area contributed by atoms with E-state index in [1.165, 1.54) is 16.7 Å². The smallest absolute Gasteiger partial charge is 0.321 e. The van der Waals surface area contributed by atoms with Gasteiger partial charge in [-0.2, -0.15) is 0 Å². The molecule has 0 spiro atoms. The zero-order valence-corrected chi connectivity index (χ0v) is 13.6. The number of rotatable bonds is 3. The van der Waals surface area contributed by atoms with E-state index in [1.807, 2.05) is 37.3 Å². The third-order valence-corrected chi connectivity index (χ3v) is 4.17. The van der Waals surface area contributed by atoms with E-state index in [0.29, 0.717) is 13.2 Å². The number of benzene rings is 2. The van der Waals surface area contributed by atoms with E-state index in [1.54, 1.807) is 11.9 Å². The summed E-state index contributed by atoms with van der Waals surface area (Å²) in [5.74, 6) is 0. The molecular formula is C19H22N2O2. The number of ether oxygens (including phenoxy) is 1. The summed E-state index contributed by atoms with van der Waals surface area (Å²) >= 11 is 0. The average molecular weight is 310 g/mol. The maximum Gasteiger partial charge on any atom is 0.321 e. The highest BCUT2D eigenvalue weighted by Gasteiger charge is 2.22. The second-order valence-electron chi connectivity index (χ2n) is 6.08. The van der Waals surface area contributed by atoms with E-state index in [4.69, 9.17) is 4.74 Å². The summed E-state index contributed by atoms with van der Waals surface area (Å²) in [5, 5.41) is 2.91. The average Bonchev–Trinajstić information content (AvgIpc) is 2.56. The third kappa shape index (κ3) is 3.90. The molecule has 1 unspecified atom stereocenters. The molecule has 0 radical (unpaired) electrons. The molecule has 0 aromatic heterocycles. The molecule has 1 aliphatic rings. The Morgan fingerprint density at radius 2 is 1.87 bits per heavy atom. The topological polar surface area (TPSA) is 41.6 Å². The maximum absolute atomic E-state index is 12.3. The molecule has 1 N–H and O–H groups in total. The lowest BCUT2D eigenvalue weighted by Gasteiger charge is -2.29. The zero-order chi connectivity index (χ0) is 16.2. The van der Waals surface area contributed by atoms with Crippen molar-refractivity contribution in [2.45, 2.75) is 26.1 Å². The van der Waals surface area contributed by atoms with Gasteiger partial charge in [-0.05, 0) is 30.2 Å². The number of anilines is 1. The normalized spacial score (nSPS) is 16.5. The van der Waals surface area contributed by atoms with Gasteiger partial charge in [0.2, 0.25) is 0 Å². The minimum Gasteiger partial charge on any atom is -0.371 e. The lowest BCUT2D eigenvalue weighted by Crippen LogP contribution is -2.40. The van der Waals surface area contributed by atoms with Gasteiger partial charge in [0, 0.05) is 25.7 Å². The van der Waals surface area contributed by atoms with Crippen LogP contribution in [0, 0.1) is 6.92 Å². The summed E-state index contributed by atoms with van der Waals surface area (Å²) in [6.45, 7) is 3.22. The van der Waals surface area contributed by atoms with Crippen LogP contribution in [0.15, 0.2) is 48.5 Å². The molecule has 2 amide bonds. The number of aryl methyl sites for hydroxylation is 1. The molecule has 120 valence electrons. The van der Waals surface area contributed by atoms with Crippen molar-refractivity contribution in [3.05, 3.63) is 65.2 Å². The van der Waals surface area contributed by atoms with Gasteiger partial charge in [0.05, 0.1) is 12.7 Å². The molecule has 4 nitrogen and oxygen atoms in total. The van der Waals surface area contributed by atoms with Crippen LogP contribution >= 0.6 is 0 Å². The number of likely N-dealkylation sites (N-methyl/N-ethyl adjacent to an activating group) is 1. The lowest BCUT2D eigenvalue weighted by molar-refractivity contribution is 0.0159. The summed E-state index contributed by atoms with van der Waals surface area (Å²) in [5.41, 5.74) is 4.54. The molecule has 3 rings (SSSR count). The summed E-state index contributed by atoms with van der Waals surface area (Å²) < 4.78 is 5.87. The molecule has 0 saturated heterocycles. The molecule has 1 atom stereocenters. The first kappa shape index (κ1) is 15.6. The van der Waals surface area contributed by atoms with Gasteiger partial charge in [0.1, 0.15) is 0 Å². The standard InChI is InChI=1S/C19H22N2O2/c1-14-7-9-17(10-8-14)20-19(22)21(2)12-18-11-15-5-3-4-6-16(15)13-23-18/h3-10,18H,11-13H2,1-2H3,(H,20,22). The molecule has 1 heterocycles. The number of carbonyl (C=O) groups excluding carboxylic acids is 1. The first-order valence-electron chi connectivity index (χ1n) is 7.89. The van der Waals surface area contributed by atoms with Crippen molar-refractivity contribution in [3.8, 4) is 0 Å². The first-order valence-corrected chi connectivity index (χ1v) is 7.89. The van der Waals surface area contributed by atoms with E-state index < -0.39 is 0 Å². The first-order chi connectivity index (χ1) is 11.1. The van der Waals surface area contributed by atoms with Crippen molar-refractivity contribution >= 4 is 11.7 Å². The minimum atomic E-state index is -0.115. The Balaban J connectivity index is 1.56. The third-order valence-electron chi connectivity index (χ3n) is 4.17. The number of fused-ring (bicyclic) bond motifs is 1. The largest absolute Gasteiger partial charge is 0.371 e. The summed E-state index contributed by atoms with van der Waals surface area (Å²) in [7, 11) is 1.80. The molecular weight excluding hydrogens is 288 g/mol. The number of hydrogen-bond donors (Lipinski definition) is 1. The molecule has 0 fully saturated rings. The Labute approximate surface area is 137 Å². The number of urea groups is 1. The van der Waals surface area contributed by atoms with Crippen molar-refractivity contribution in [1.29, 1.82) is 0 Å². The Kier molecular flexibility index (Phi) is 4.63. The predicted octanol–water partition coefficient (Wildman–Crippen LogP) is 3.60. The zero-order valence-electron chi connectivity index (χ0n) is 13.6. The monoisotopic (exact) mass is 310 g/mol. The molecule has 0 bridgehead atoms. The maximum atomic E-state index is 12.3. The van der Waals surface area contributed by atoms with Crippen LogP contribution in [0.1, 0.15) is 16.7 Å². The van der Waals surface area contributed by atoms with Crippen molar-refractivity contribution in [2.24, 2.45) is 0 Å². The second kappa shape index (κ2) is 6.84. The van der Waals surface area contributed by atoms with Crippen LogP contribution in [0.2, 0.25) is 0 Å². The highest BCUT2D eigenvalue weighted by molar-refractivity contribution is 5.89. The Hall–Kier alpha value is -2.33. The summed E-state index contributed by atoms with van der Waals surface area (Å²) in [6.07, 6.45) is 0.886. The Bertz CT molecular complexity index is 682. The van der Waals surface area contributed by atoms with Crippen molar-refractivity contribution in [3.63, 3.8) is 0 Å². The number of amides is 2. The van der Waals surface area contributed by atoms with Crippen LogP contribution < -0.4 is 5.32 Å². The van der Waals surface area contributed by atoms with Gasteiger partial charge >= 0.3 is 6.03 Å². The predicted molar refractivity (Wildman–Crippen MR) is 91.6 cm³/mol. The van der Waals surface area contributed by atoms with E-state index in [2.05, 4.69) is 23.5 Å². The van der Waals surface area contributed by atoms with Gasteiger partial charge in [-0.25, -0.2) is 4.79 Å².